The molecule has 1 saturated heterocycles. The van der Waals surface area contributed by atoms with Gasteiger partial charge in [0.25, 0.3) is 11.8 Å². The number of carbonyl (C=O) groups is 4. The molecular weight excluding hydrogens is 410 g/mol. The molecule has 3 amide bonds. The number of Topliss-reactive ketones (excluding diaryl/α,β-unsaturated/α-hetero) is 1. The van der Waals surface area contributed by atoms with Gasteiger partial charge >= 0.3 is 0 Å². The number of ketones is 1. The van der Waals surface area contributed by atoms with Crippen LogP contribution in [0.5, 0.6) is 5.75 Å². The Bertz CT molecular complexity index is 1120. The summed E-state index contributed by atoms with van der Waals surface area (Å²) in [5.41, 5.74) is 2.22. The maximum Gasteiger partial charge on any atom is 0.262 e. The van der Waals surface area contributed by atoms with Crippen molar-refractivity contribution in [2.75, 3.05) is 6.61 Å². The molecule has 0 bridgehead atoms. The molecule has 2 aliphatic heterocycles. The topological polar surface area (TPSA) is 106 Å². The molecule has 1 unspecified atom stereocenters. The van der Waals surface area contributed by atoms with E-state index in [0.29, 0.717) is 43.0 Å². The molecule has 2 aromatic rings. The van der Waals surface area contributed by atoms with Gasteiger partial charge in [-0.2, -0.15) is 0 Å². The monoisotopic (exact) mass is 433 g/mol. The largest absolute Gasteiger partial charge is 0.492 e. The minimum Gasteiger partial charge on any atom is -0.492 e. The van der Waals surface area contributed by atoms with Crippen molar-refractivity contribution >= 4 is 23.5 Å². The maximum absolute atomic E-state index is 12.9. The molecule has 0 spiro atoms. The molecule has 8 nitrogen and oxygen atoms in total. The number of aromatic nitrogens is 1. The van der Waals surface area contributed by atoms with Crippen LogP contribution in [0.3, 0.4) is 0 Å². The number of nitrogens with zero attached hydrogens (tertiary/aromatic N) is 2. The number of fused-ring (bicyclic) bond motifs is 1. The predicted molar refractivity (Wildman–Crippen MR) is 115 cm³/mol. The number of piperidine rings is 1. The highest BCUT2D eigenvalue weighted by atomic mass is 16.5. The van der Waals surface area contributed by atoms with Crippen LogP contribution in [-0.4, -0.2) is 46.0 Å². The normalized spacial score (nSPS) is 17.9. The van der Waals surface area contributed by atoms with Crippen molar-refractivity contribution in [1.29, 1.82) is 0 Å². The van der Waals surface area contributed by atoms with Gasteiger partial charge in [0.1, 0.15) is 17.5 Å². The second-order valence-electron chi connectivity index (χ2n) is 7.74. The standard InChI is InChI=1S/C24H23N3O5/c1-3-32-16-7-9-19(25-13-16)21(28)11-6-15-5-8-17-18(12-15)24(31)27(23(17)30)20-10-4-14(2)26-22(20)29/h5,7-9,12-13,20H,2-4,6,10-11H2,1H3,(H,26,29). The van der Waals surface area contributed by atoms with Gasteiger partial charge in [-0.25, -0.2) is 4.98 Å². The predicted octanol–water partition coefficient (Wildman–Crippen LogP) is 2.68. The molecule has 0 radical (unpaired) electrons. The quantitative estimate of drug-likeness (QED) is 0.532. The van der Waals surface area contributed by atoms with Gasteiger partial charge < -0.3 is 10.1 Å². The fourth-order valence-corrected chi connectivity index (χ4v) is 3.94. The Kier molecular flexibility index (Phi) is 5.85. The third kappa shape index (κ3) is 4.03. The molecule has 4 rings (SSSR count). The zero-order valence-electron chi connectivity index (χ0n) is 17.7. The van der Waals surface area contributed by atoms with Crippen molar-refractivity contribution in [1.82, 2.24) is 15.2 Å². The van der Waals surface area contributed by atoms with E-state index in [9.17, 15) is 19.2 Å². The van der Waals surface area contributed by atoms with Crippen molar-refractivity contribution in [3.63, 3.8) is 0 Å². The first kappa shape index (κ1) is 21.4. The lowest BCUT2D eigenvalue weighted by Gasteiger charge is -2.29. The molecule has 164 valence electrons. The summed E-state index contributed by atoms with van der Waals surface area (Å²) >= 11 is 0. The van der Waals surface area contributed by atoms with Crippen molar-refractivity contribution in [2.24, 2.45) is 0 Å². The third-order valence-electron chi connectivity index (χ3n) is 5.59. The summed E-state index contributed by atoms with van der Waals surface area (Å²) in [5.74, 6) is -0.884. The molecule has 32 heavy (non-hydrogen) atoms. The van der Waals surface area contributed by atoms with E-state index in [1.165, 1.54) is 6.20 Å². The van der Waals surface area contributed by atoms with Gasteiger partial charge in [-0.15, -0.1) is 0 Å². The lowest BCUT2D eigenvalue weighted by Crippen LogP contribution is -2.51. The molecule has 1 aromatic carbocycles. The summed E-state index contributed by atoms with van der Waals surface area (Å²) in [6.45, 7) is 6.11. The molecular formula is C24H23N3O5. The van der Waals surface area contributed by atoms with Crippen LogP contribution < -0.4 is 10.1 Å². The number of rotatable bonds is 7. The Morgan fingerprint density at radius 2 is 1.97 bits per heavy atom. The number of nitrogens with one attached hydrogen (secondary N) is 1. The molecule has 2 aliphatic rings. The fourth-order valence-electron chi connectivity index (χ4n) is 3.94. The smallest absolute Gasteiger partial charge is 0.262 e. The van der Waals surface area contributed by atoms with Crippen LogP contribution in [0, 0.1) is 0 Å². The average Bonchev–Trinajstić information content (AvgIpc) is 3.03. The zero-order chi connectivity index (χ0) is 22.8. The molecule has 8 heteroatoms. The van der Waals surface area contributed by atoms with Crippen LogP contribution in [-0.2, 0) is 11.2 Å². The number of benzene rings is 1. The first-order valence-electron chi connectivity index (χ1n) is 10.5. The number of pyridine rings is 1. The summed E-state index contributed by atoms with van der Waals surface area (Å²) in [6.07, 6.45) is 2.98. The van der Waals surface area contributed by atoms with Crippen LogP contribution in [0.4, 0.5) is 0 Å². The Morgan fingerprint density at radius 1 is 1.19 bits per heavy atom. The van der Waals surface area contributed by atoms with Crippen LogP contribution in [0.15, 0.2) is 48.8 Å². The number of aryl methyl sites for hydroxylation is 1. The Labute approximate surface area is 185 Å². The van der Waals surface area contributed by atoms with E-state index in [2.05, 4.69) is 16.9 Å². The highest BCUT2D eigenvalue weighted by Crippen LogP contribution is 2.29. The number of imide groups is 1. The third-order valence-corrected chi connectivity index (χ3v) is 5.59. The van der Waals surface area contributed by atoms with Gasteiger partial charge in [0.05, 0.1) is 23.9 Å². The van der Waals surface area contributed by atoms with Crippen molar-refractivity contribution in [2.45, 2.75) is 38.6 Å². The average molecular weight is 433 g/mol. The van der Waals surface area contributed by atoms with E-state index < -0.39 is 23.8 Å². The number of amides is 3. The number of hydrogen-bond donors (Lipinski definition) is 1. The van der Waals surface area contributed by atoms with Crippen molar-refractivity contribution < 1.29 is 23.9 Å². The summed E-state index contributed by atoms with van der Waals surface area (Å²) in [4.78, 5) is 55.7. The van der Waals surface area contributed by atoms with Gasteiger partial charge in [-0.05, 0) is 56.0 Å². The fraction of sp³-hybridized carbons (Fsp3) is 0.292. The molecule has 1 atom stereocenters. The summed E-state index contributed by atoms with van der Waals surface area (Å²) in [7, 11) is 0. The first-order chi connectivity index (χ1) is 15.4. The van der Waals surface area contributed by atoms with Crippen molar-refractivity contribution in [3.05, 3.63) is 71.2 Å². The van der Waals surface area contributed by atoms with Crippen LogP contribution in [0.1, 0.15) is 63.0 Å². The summed E-state index contributed by atoms with van der Waals surface area (Å²) < 4.78 is 5.33. The highest BCUT2D eigenvalue weighted by molar-refractivity contribution is 6.23. The van der Waals surface area contributed by atoms with Gasteiger partial charge in [0.15, 0.2) is 5.78 Å². The molecule has 0 saturated carbocycles. The first-order valence-corrected chi connectivity index (χ1v) is 10.5. The number of carbonyl (C=O) groups excluding carboxylic acids is 4. The van der Waals surface area contributed by atoms with Crippen molar-refractivity contribution in [3.8, 4) is 5.75 Å². The lowest BCUT2D eigenvalue weighted by atomic mass is 10.0. The molecule has 0 aliphatic carbocycles. The van der Waals surface area contributed by atoms with Gasteiger partial charge in [-0.1, -0.05) is 12.6 Å². The van der Waals surface area contributed by atoms with E-state index >= 15 is 0 Å². The van der Waals surface area contributed by atoms with E-state index in [-0.39, 0.29) is 23.3 Å². The van der Waals surface area contributed by atoms with Gasteiger partial charge in [-0.3, -0.25) is 24.1 Å². The number of allylic oxidation sites excluding steroid dienone is 1. The summed E-state index contributed by atoms with van der Waals surface area (Å²) in [6, 6.07) is 7.44. The second kappa shape index (κ2) is 8.74. The van der Waals surface area contributed by atoms with E-state index in [1.54, 1.807) is 30.3 Å². The van der Waals surface area contributed by atoms with E-state index in [4.69, 9.17) is 4.74 Å². The number of ether oxygens (including phenoxy) is 1. The summed E-state index contributed by atoms with van der Waals surface area (Å²) in [5, 5.41) is 2.61. The lowest BCUT2D eigenvalue weighted by molar-refractivity contribution is -0.125. The zero-order valence-corrected chi connectivity index (χ0v) is 17.7. The van der Waals surface area contributed by atoms with E-state index in [0.717, 1.165) is 10.5 Å². The minimum absolute atomic E-state index is 0.128. The Balaban J connectivity index is 1.45. The second-order valence-corrected chi connectivity index (χ2v) is 7.74. The Morgan fingerprint density at radius 3 is 2.66 bits per heavy atom. The number of hydrogen-bond acceptors (Lipinski definition) is 6. The molecule has 1 aromatic heterocycles. The molecule has 1 N–H and O–H groups in total. The molecule has 3 heterocycles. The van der Waals surface area contributed by atoms with E-state index in [1.807, 2.05) is 6.92 Å². The van der Waals surface area contributed by atoms with Crippen LogP contribution >= 0.6 is 0 Å². The van der Waals surface area contributed by atoms with Crippen LogP contribution in [0.25, 0.3) is 0 Å². The SMILES string of the molecule is C=C1CCC(N2C(=O)c3ccc(CCC(=O)c4ccc(OCC)cn4)cc3C2=O)C(=O)N1. The molecule has 1 fully saturated rings. The van der Waals surface area contributed by atoms with Gasteiger partial charge in [0.2, 0.25) is 5.91 Å². The van der Waals surface area contributed by atoms with Crippen LogP contribution in [0.2, 0.25) is 0 Å². The van der Waals surface area contributed by atoms with Gasteiger partial charge in [0, 0.05) is 12.1 Å². The maximum atomic E-state index is 12.9. The Hall–Kier alpha value is -3.81. The minimum atomic E-state index is -0.844. The highest BCUT2D eigenvalue weighted by Gasteiger charge is 2.43.